The van der Waals surface area contributed by atoms with E-state index in [1.807, 2.05) is 0 Å². The second-order valence-electron chi connectivity index (χ2n) is 4.17. The van der Waals surface area contributed by atoms with Crippen LogP contribution in [0.3, 0.4) is 0 Å². The van der Waals surface area contributed by atoms with Gasteiger partial charge in [-0.1, -0.05) is 19.9 Å². The maximum Gasteiger partial charge on any atom is 0.326 e. The van der Waals surface area contributed by atoms with Crippen LogP contribution in [-0.4, -0.2) is 28.0 Å². The van der Waals surface area contributed by atoms with Crippen LogP contribution >= 0.6 is 37.2 Å². The van der Waals surface area contributed by atoms with Gasteiger partial charge in [0.2, 0.25) is 5.91 Å². The number of rotatable bonds is 5. The van der Waals surface area contributed by atoms with E-state index in [0.717, 1.165) is 5.56 Å². The van der Waals surface area contributed by atoms with Gasteiger partial charge in [-0.25, -0.2) is 4.79 Å². The molecule has 1 heterocycles. The van der Waals surface area contributed by atoms with Gasteiger partial charge in [0, 0.05) is 12.4 Å². The minimum atomic E-state index is -1.01. The normalized spacial score (nSPS) is 10.3. The second-order valence-corrected chi connectivity index (χ2v) is 4.17. The first kappa shape index (κ1) is 24.0. The summed E-state index contributed by atoms with van der Waals surface area (Å²) in [6, 6.07) is 2.66. The van der Waals surface area contributed by atoms with E-state index in [1.165, 1.54) is 0 Å². The van der Waals surface area contributed by atoms with Crippen molar-refractivity contribution >= 4 is 49.1 Å². The Labute approximate surface area is 136 Å². The number of carboxylic acid groups (broad SMARTS) is 1. The zero-order chi connectivity index (χ0) is 12.8. The third-order valence-electron chi connectivity index (χ3n) is 2.34. The first-order chi connectivity index (χ1) is 8.00. The molecule has 0 spiro atoms. The fourth-order valence-electron chi connectivity index (χ4n) is 1.43. The molecular weight excluding hydrogens is 327 g/mol. The third-order valence-corrected chi connectivity index (χ3v) is 2.34. The van der Waals surface area contributed by atoms with E-state index in [-0.39, 0.29) is 55.5 Å². The lowest BCUT2D eigenvalue weighted by Gasteiger charge is -2.17. The molecule has 20 heavy (non-hydrogen) atoms. The van der Waals surface area contributed by atoms with Gasteiger partial charge in [-0.15, -0.1) is 37.2 Å². The van der Waals surface area contributed by atoms with E-state index in [4.69, 9.17) is 5.11 Å². The predicted molar refractivity (Wildman–Crippen MR) is 84.1 cm³/mol. The number of aliphatic carboxylic acids is 1. The van der Waals surface area contributed by atoms with E-state index in [0.29, 0.717) is 0 Å². The van der Waals surface area contributed by atoms with Crippen molar-refractivity contribution < 1.29 is 14.7 Å². The summed E-state index contributed by atoms with van der Waals surface area (Å²) in [7, 11) is 0. The van der Waals surface area contributed by atoms with Crippen molar-refractivity contribution in [3.63, 3.8) is 0 Å². The van der Waals surface area contributed by atoms with Gasteiger partial charge in [0.1, 0.15) is 6.04 Å². The van der Waals surface area contributed by atoms with Gasteiger partial charge < -0.3 is 10.4 Å². The number of carbonyl (C=O) groups excluding carboxylic acids is 1. The highest BCUT2D eigenvalue weighted by Gasteiger charge is 2.23. The molecule has 8 heteroatoms. The fourth-order valence-corrected chi connectivity index (χ4v) is 1.43. The predicted octanol–water partition coefficient (Wildman–Crippen LogP) is 2.11. The molecule has 5 nitrogen and oxygen atoms in total. The van der Waals surface area contributed by atoms with Crippen LogP contribution in [0.4, 0.5) is 0 Å². The monoisotopic (exact) mass is 344 g/mol. The Morgan fingerprint density at radius 1 is 1.30 bits per heavy atom. The molecule has 0 fully saturated rings. The van der Waals surface area contributed by atoms with Crippen molar-refractivity contribution in [2.75, 3.05) is 0 Å². The number of amides is 1. The fraction of sp³-hybridized carbons (Fsp3) is 0.417. The summed E-state index contributed by atoms with van der Waals surface area (Å²) in [5.41, 5.74) is 0.762. The van der Waals surface area contributed by atoms with E-state index in [9.17, 15) is 9.59 Å². The minimum absolute atomic E-state index is 0. The van der Waals surface area contributed by atoms with E-state index < -0.39 is 12.0 Å². The lowest BCUT2D eigenvalue weighted by atomic mass is 10.0. The molecule has 1 aromatic rings. The lowest BCUT2D eigenvalue weighted by molar-refractivity contribution is -0.143. The van der Waals surface area contributed by atoms with Gasteiger partial charge in [-0.2, -0.15) is 0 Å². The summed E-state index contributed by atoms with van der Waals surface area (Å²) in [6.07, 6.45) is 3.35. The maximum atomic E-state index is 11.6. The number of nitrogens with zero attached hydrogens (tertiary/aromatic N) is 1. The molecule has 0 aromatic carbocycles. The molecule has 0 radical (unpaired) electrons. The largest absolute Gasteiger partial charge is 0.480 e. The minimum Gasteiger partial charge on any atom is -0.480 e. The summed E-state index contributed by atoms with van der Waals surface area (Å²) in [6.45, 7) is 3.51. The molecule has 1 rings (SSSR count). The number of hydrogen-bond donors (Lipinski definition) is 2. The number of aromatic nitrogens is 1. The van der Waals surface area contributed by atoms with Crippen molar-refractivity contribution in [1.82, 2.24) is 10.3 Å². The molecule has 0 aliphatic rings. The number of pyridine rings is 1. The van der Waals surface area contributed by atoms with Crippen molar-refractivity contribution in [1.29, 1.82) is 0 Å². The Bertz CT molecular complexity index is 402. The van der Waals surface area contributed by atoms with Crippen LogP contribution in [-0.2, 0) is 16.0 Å². The van der Waals surface area contributed by atoms with Crippen molar-refractivity contribution in [3.05, 3.63) is 30.1 Å². The van der Waals surface area contributed by atoms with Crippen molar-refractivity contribution in [2.24, 2.45) is 5.92 Å². The number of carbonyl (C=O) groups is 2. The zero-order valence-electron chi connectivity index (χ0n) is 11.1. The Balaban J connectivity index is -0.000000963. The molecule has 0 aliphatic carbocycles. The van der Waals surface area contributed by atoms with Crippen LogP contribution in [0.15, 0.2) is 24.5 Å². The van der Waals surface area contributed by atoms with Gasteiger partial charge >= 0.3 is 5.97 Å². The summed E-state index contributed by atoms with van der Waals surface area (Å²) in [4.78, 5) is 26.4. The SMILES string of the molecule is CC(C)[C@H](NC(=O)Cc1cccnc1)C(=O)O.Cl.Cl.Cl. The molecule has 2 N–H and O–H groups in total. The van der Waals surface area contributed by atoms with Gasteiger partial charge in [-0.3, -0.25) is 9.78 Å². The Hall–Kier alpha value is -1.04. The van der Waals surface area contributed by atoms with Gasteiger partial charge in [0.05, 0.1) is 6.42 Å². The standard InChI is InChI=1S/C12H16N2O3.3ClH/c1-8(2)11(12(16)17)14-10(15)6-9-4-3-5-13-7-9;;;/h3-5,7-8,11H,6H2,1-2H3,(H,14,15)(H,16,17);3*1H/t11-;;;/m0.../s1. The van der Waals surface area contributed by atoms with Crippen molar-refractivity contribution in [3.8, 4) is 0 Å². The maximum absolute atomic E-state index is 11.6. The van der Waals surface area contributed by atoms with Gasteiger partial charge in [0.15, 0.2) is 0 Å². The van der Waals surface area contributed by atoms with Gasteiger partial charge in [0.25, 0.3) is 0 Å². The van der Waals surface area contributed by atoms with Crippen LogP contribution < -0.4 is 5.32 Å². The molecular formula is C12H19Cl3N2O3. The van der Waals surface area contributed by atoms with E-state index in [1.54, 1.807) is 38.4 Å². The van der Waals surface area contributed by atoms with Crippen LogP contribution in [0.2, 0.25) is 0 Å². The second kappa shape index (κ2) is 11.8. The van der Waals surface area contributed by atoms with Crippen LogP contribution in [0.1, 0.15) is 19.4 Å². The summed E-state index contributed by atoms with van der Waals surface area (Å²) >= 11 is 0. The van der Waals surface area contributed by atoms with E-state index in [2.05, 4.69) is 10.3 Å². The molecule has 0 unspecified atom stereocenters. The highest BCUT2D eigenvalue weighted by Crippen LogP contribution is 2.03. The van der Waals surface area contributed by atoms with Crippen molar-refractivity contribution in [2.45, 2.75) is 26.3 Å². The molecule has 0 saturated heterocycles. The molecule has 1 amide bonds. The highest BCUT2D eigenvalue weighted by atomic mass is 35.5. The highest BCUT2D eigenvalue weighted by molar-refractivity contribution is 5.86. The van der Waals surface area contributed by atoms with Gasteiger partial charge in [-0.05, 0) is 17.5 Å². The van der Waals surface area contributed by atoms with Crippen LogP contribution in [0.5, 0.6) is 0 Å². The smallest absolute Gasteiger partial charge is 0.326 e. The van der Waals surface area contributed by atoms with Crippen LogP contribution in [0.25, 0.3) is 0 Å². The molecule has 0 aliphatic heterocycles. The molecule has 116 valence electrons. The van der Waals surface area contributed by atoms with E-state index >= 15 is 0 Å². The summed E-state index contributed by atoms with van der Waals surface area (Å²) < 4.78 is 0. The quantitative estimate of drug-likeness (QED) is 0.856. The third kappa shape index (κ3) is 8.19. The Kier molecular flexibility index (Phi) is 14.1. The summed E-state index contributed by atoms with van der Waals surface area (Å²) in [5.74, 6) is -1.47. The molecule has 1 aromatic heterocycles. The zero-order valence-corrected chi connectivity index (χ0v) is 13.6. The number of nitrogens with one attached hydrogen (secondary N) is 1. The lowest BCUT2D eigenvalue weighted by Crippen LogP contribution is -2.44. The number of halogens is 3. The summed E-state index contributed by atoms with van der Waals surface area (Å²) in [5, 5.41) is 11.4. The Morgan fingerprint density at radius 2 is 1.90 bits per heavy atom. The average molecular weight is 346 g/mol. The number of carboxylic acids is 1. The molecule has 0 bridgehead atoms. The van der Waals surface area contributed by atoms with Crippen LogP contribution in [0, 0.1) is 5.92 Å². The topological polar surface area (TPSA) is 79.3 Å². The molecule has 1 atom stereocenters. The number of hydrogen-bond acceptors (Lipinski definition) is 3. The average Bonchev–Trinajstić information content (AvgIpc) is 2.26. The first-order valence-electron chi connectivity index (χ1n) is 5.41. The Morgan fingerprint density at radius 3 is 2.30 bits per heavy atom. The molecule has 0 saturated carbocycles. The first-order valence-corrected chi connectivity index (χ1v) is 5.41.